The second kappa shape index (κ2) is 11.2. The predicted molar refractivity (Wildman–Crippen MR) is 148 cm³/mol. The number of amides is 2. The minimum Gasteiger partial charge on any atom is -0.478 e. The van der Waals surface area contributed by atoms with Crippen molar-refractivity contribution in [2.24, 2.45) is 0 Å². The molecule has 3 N–H and O–H groups in total. The molecule has 1 aromatic carbocycles. The fraction of sp³-hybridized carbons (Fsp3) is 0.310. The zero-order valence-corrected chi connectivity index (χ0v) is 22.8. The lowest BCUT2D eigenvalue weighted by molar-refractivity contribution is 0.0695. The molecule has 0 saturated carbocycles. The number of hydrogen-bond acceptors (Lipinski definition) is 8. The van der Waals surface area contributed by atoms with Crippen LogP contribution in [0.4, 0.5) is 10.2 Å². The average Bonchev–Trinajstić information content (AvgIpc) is 3.59. The predicted octanol–water partition coefficient (Wildman–Crippen LogP) is 2.45. The number of ether oxygens (including phenoxy) is 1. The number of fused-ring (bicyclic) bond motifs is 2. The Morgan fingerprint density at radius 1 is 1.14 bits per heavy atom. The van der Waals surface area contributed by atoms with E-state index >= 15 is 0 Å². The number of carboxylic acids is 1. The number of rotatable bonds is 7. The van der Waals surface area contributed by atoms with Gasteiger partial charge >= 0.3 is 5.97 Å². The van der Waals surface area contributed by atoms with Crippen molar-refractivity contribution in [3.8, 4) is 0 Å². The minimum atomic E-state index is -1.00. The van der Waals surface area contributed by atoms with E-state index in [1.54, 1.807) is 25.3 Å². The molecule has 1 saturated heterocycles. The second-order valence-corrected chi connectivity index (χ2v) is 10.2. The van der Waals surface area contributed by atoms with Gasteiger partial charge in [0.05, 0.1) is 31.0 Å². The Morgan fingerprint density at radius 2 is 1.95 bits per heavy atom. The number of aromatic carboxylic acids is 1. The third kappa shape index (κ3) is 5.14. The zero-order valence-electron chi connectivity index (χ0n) is 22.8. The van der Waals surface area contributed by atoms with Gasteiger partial charge in [0.1, 0.15) is 17.2 Å². The van der Waals surface area contributed by atoms with E-state index < -0.39 is 23.6 Å². The van der Waals surface area contributed by atoms with Crippen LogP contribution in [-0.2, 0) is 17.7 Å². The Morgan fingerprint density at radius 3 is 2.74 bits per heavy atom. The fourth-order valence-corrected chi connectivity index (χ4v) is 5.52. The summed E-state index contributed by atoms with van der Waals surface area (Å²) in [5, 5.41) is 19.1. The number of carbonyl (C=O) groups excluding carboxylic acids is 2. The monoisotopic (exact) mass is 573 g/mol. The molecule has 4 heterocycles. The number of morpholine rings is 1. The highest BCUT2D eigenvalue weighted by molar-refractivity contribution is 5.98. The largest absolute Gasteiger partial charge is 0.478 e. The summed E-state index contributed by atoms with van der Waals surface area (Å²) in [5.74, 6) is -2.14. The van der Waals surface area contributed by atoms with Crippen LogP contribution >= 0.6 is 0 Å². The number of carbonyl (C=O) groups is 3. The van der Waals surface area contributed by atoms with Crippen molar-refractivity contribution >= 4 is 29.2 Å². The summed E-state index contributed by atoms with van der Waals surface area (Å²) in [4.78, 5) is 48.8. The first-order valence-electron chi connectivity index (χ1n) is 13.6. The third-order valence-corrected chi connectivity index (χ3v) is 7.72. The molecule has 1 aliphatic heterocycles. The summed E-state index contributed by atoms with van der Waals surface area (Å²) in [5.41, 5.74) is 2.98. The van der Waals surface area contributed by atoms with Crippen molar-refractivity contribution in [3.05, 3.63) is 87.7 Å². The molecule has 1 atom stereocenters. The Bertz CT molecular complexity index is 1720. The summed E-state index contributed by atoms with van der Waals surface area (Å²) < 4.78 is 21.0. The summed E-state index contributed by atoms with van der Waals surface area (Å²) >= 11 is 0. The number of nitrogens with one attached hydrogen (secondary N) is 2. The van der Waals surface area contributed by atoms with E-state index in [9.17, 15) is 23.9 Å². The number of pyridine rings is 1. The molecule has 42 heavy (non-hydrogen) atoms. The van der Waals surface area contributed by atoms with Gasteiger partial charge in [-0.1, -0.05) is 6.07 Å². The molecular formula is C29H28FN7O5. The molecule has 0 radical (unpaired) electrons. The van der Waals surface area contributed by atoms with E-state index in [1.807, 2.05) is 6.07 Å². The molecule has 2 aliphatic rings. The van der Waals surface area contributed by atoms with E-state index in [1.165, 1.54) is 12.1 Å². The van der Waals surface area contributed by atoms with Crippen molar-refractivity contribution in [1.82, 2.24) is 30.2 Å². The lowest BCUT2D eigenvalue weighted by Crippen LogP contribution is -2.36. The summed E-state index contributed by atoms with van der Waals surface area (Å²) in [6.07, 6.45) is 3.78. The lowest BCUT2D eigenvalue weighted by atomic mass is 9.98. The van der Waals surface area contributed by atoms with Crippen LogP contribution < -0.4 is 15.5 Å². The molecular weight excluding hydrogens is 545 g/mol. The maximum absolute atomic E-state index is 14.6. The molecule has 0 spiro atoms. The highest BCUT2D eigenvalue weighted by atomic mass is 19.1. The number of aromatic nitrogens is 4. The molecule has 6 rings (SSSR count). The van der Waals surface area contributed by atoms with Gasteiger partial charge < -0.3 is 25.4 Å². The van der Waals surface area contributed by atoms with Crippen LogP contribution in [0.15, 0.2) is 42.7 Å². The molecule has 216 valence electrons. The van der Waals surface area contributed by atoms with E-state index in [0.717, 1.165) is 46.3 Å². The molecule has 13 heteroatoms. The Hall–Kier alpha value is -4.91. The smallest absolute Gasteiger partial charge is 0.335 e. The number of anilines is 1. The Balaban J connectivity index is 1.21. The van der Waals surface area contributed by atoms with Crippen molar-refractivity contribution in [1.29, 1.82) is 0 Å². The van der Waals surface area contributed by atoms with Crippen molar-refractivity contribution in [2.45, 2.75) is 32.4 Å². The van der Waals surface area contributed by atoms with E-state index in [2.05, 4.69) is 30.6 Å². The number of nitrogens with zero attached hydrogens (tertiary/aromatic N) is 5. The van der Waals surface area contributed by atoms with Gasteiger partial charge in [0.2, 0.25) is 0 Å². The van der Waals surface area contributed by atoms with E-state index in [0.29, 0.717) is 31.6 Å². The summed E-state index contributed by atoms with van der Waals surface area (Å²) in [6, 6.07) is 7.81. The molecule has 1 fully saturated rings. The molecule has 0 unspecified atom stereocenters. The number of halogens is 1. The van der Waals surface area contributed by atoms with Crippen LogP contribution in [0, 0.1) is 12.7 Å². The highest BCUT2D eigenvalue weighted by Gasteiger charge is 2.29. The first-order chi connectivity index (χ1) is 20.3. The SMILES string of the molecule is Cc1c(C(=O)O)ccc2c1CC[C@@H]2NC(=O)c1cc(C(=O)NCc2ccnc(N3CCOCC3)c2)nc2c(F)cnn12. The van der Waals surface area contributed by atoms with Crippen LogP contribution in [0.3, 0.4) is 0 Å². The van der Waals surface area contributed by atoms with Crippen molar-refractivity contribution < 1.29 is 28.6 Å². The summed E-state index contributed by atoms with van der Waals surface area (Å²) in [6.45, 7) is 4.62. The van der Waals surface area contributed by atoms with Crippen LogP contribution in [0.25, 0.3) is 5.65 Å². The first kappa shape index (κ1) is 27.3. The van der Waals surface area contributed by atoms with Gasteiger partial charge in [-0.15, -0.1) is 0 Å². The van der Waals surface area contributed by atoms with Gasteiger partial charge in [0, 0.05) is 31.9 Å². The Labute approximate surface area is 239 Å². The number of hydrogen-bond donors (Lipinski definition) is 3. The van der Waals surface area contributed by atoms with Gasteiger partial charge in [-0.3, -0.25) is 9.59 Å². The van der Waals surface area contributed by atoms with Gasteiger partial charge in [0.25, 0.3) is 11.8 Å². The minimum absolute atomic E-state index is 0.0557. The molecule has 2 amide bonds. The zero-order chi connectivity index (χ0) is 29.4. The quantitative estimate of drug-likeness (QED) is 0.303. The lowest BCUT2D eigenvalue weighted by Gasteiger charge is -2.28. The fourth-order valence-electron chi connectivity index (χ4n) is 5.52. The number of carboxylic acid groups (broad SMARTS) is 1. The second-order valence-electron chi connectivity index (χ2n) is 10.2. The standard InChI is InChI=1S/C29H28FN7O5/c1-16-18-4-5-22(20(18)3-2-19(16)29(40)41)35-28(39)24-13-23(34-26-21(30)15-33-37(24)26)27(38)32-14-17-6-7-31-25(12-17)36-8-10-42-11-9-36/h2-3,6-7,12-13,15,22H,4-5,8-11,14H2,1H3,(H,32,38)(H,35,39)(H,40,41)/t22-/m0/s1. The van der Waals surface area contributed by atoms with E-state index in [4.69, 9.17) is 4.74 Å². The van der Waals surface area contributed by atoms with Crippen LogP contribution in [-0.4, -0.2) is 68.8 Å². The van der Waals surface area contributed by atoms with Crippen LogP contribution in [0.1, 0.15) is 66.1 Å². The first-order valence-corrected chi connectivity index (χ1v) is 13.6. The highest BCUT2D eigenvalue weighted by Crippen LogP contribution is 2.35. The van der Waals surface area contributed by atoms with Gasteiger partial charge in [-0.2, -0.15) is 5.10 Å². The topological polar surface area (TPSA) is 151 Å². The molecule has 3 aromatic heterocycles. The summed E-state index contributed by atoms with van der Waals surface area (Å²) in [7, 11) is 0. The third-order valence-electron chi connectivity index (χ3n) is 7.72. The maximum Gasteiger partial charge on any atom is 0.335 e. The molecule has 1 aliphatic carbocycles. The van der Waals surface area contributed by atoms with Crippen LogP contribution in [0.2, 0.25) is 0 Å². The van der Waals surface area contributed by atoms with Gasteiger partial charge in [-0.25, -0.2) is 23.7 Å². The van der Waals surface area contributed by atoms with E-state index in [-0.39, 0.29) is 35.2 Å². The molecule has 4 aromatic rings. The van der Waals surface area contributed by atoms with Gasteiger partial charge in [0.15, 0.2) is 11.5 Å². The van der Waals surface area contributed by atoms with Crippen molar-refractivity contribution in [3.63, 3.8) is 0 Å². The molecule has 0 bridgehead atoms. The van der Waals surface area contributed by atoms with Crippen molar-refractivity contribution in [2.75, 3.05) is 31.2 Å². The normalized spacial score (nSPS) is 16.3. The van der Waals surface area contributed by atoms with Gasteiger partial charge in [-0.05, 0) is 60.2 Å². The number of benzene rings is 1. The van der Waals surface area contributed by atoms with Crippen LogP contribution in [0.5, 0.6) is 0 Å². The molecule has 12 nitrogen and oxygen atoms in total. The average molecular weight is 574 g/mol. The maximum atomic E-state index is 14.6. The Kier molecular flexibility index (Phi) is 7.25.